The Morgan fingerprint density at radius 3 is 2.46 bits per heavy atom. The molecule has 0 saturated carbocycles. The van der Waals surface area contributed by atoms with E-state index in [-0.39, 0.29) is 16.4 Å². The molecule has 8 heteroatoms. The lowest BCUT2D eigenvalue weighted by atomic mass is 10.2. The summed E-state index contributed by atoms with van der Waals surface area (Å²) in [6, 6.07) is 6.11. The Bertz CT molecular complexity index is 741. The molecule has 0 aliphatic carbocycles. The Morgan fingerprint density at radius 1 is 1.21 bits per heavy atom. The fourth-order valence-electron chi connectivity index (χ4n) is 2.91. The van der Waals surface area contributed by atoms with Crippen molar-refractivity contribution in [2.75, 3.05) is 31.8 Å². The number of rotatable bonds is 8. The molecule has 1 N–H and O–H groups in total. The van der Waals surface area contributed by atoms with E-state index in [9.17, 15) is 16.8 Å². The Kier molecular flexibility index (Phi) is 6.41. The molecule has 1 saturated heterocycles. The van der Waals surface area contributed by atoms with E-state index in [1.165, 1.54) is 0 Å². The highest BCUT2D eigenvalue weighted by molar-refractivity contribution is 7.96. The van der Waals surface area contributed by atoms with E-state index >= 15 is 0 Å². The van der Waals surface area contributed by atoms with Gasteiger partial charge in [-0.25, -0.2) is 16.8 Å². The summed E-state index contributed by atoms with van der Waals surface area (Å²) in [6.07, 6.45) is 1.52. The summed E-state index contributed by atoms with van der Waals surface area (Å²) < 4.78 is 54.7. The molecule has 1 aromatic rings. The van der Waals surface area contributed by atoms with Crippen LogP contribution in [-0.4, -0.2) is 59.9 Å². The minimum atomic E-state index is -3.70. The Morgan fingerprint density at radius 2 is 1.88 bits per heavy atom. The van der Waals surface area contributed by atoms with Crippen molar-refractivity contribution in [1.29, 1.82) is 0 Å². The van der Waals surface area contributed by atoms with Crippen LogP contribution in [0, 0.1) is 0 Å². The second kappa shape index (κ2) is 7.95. The lowest BCUT2D eigenvalue weighted by Crippen LogP contribution is -2.43. The highest BCUT2D eigenvalue weighted by Gasteiger charge is 2.45. The minimum absolute atomic E-state index is 0.142. The molecule has 2 rings (SSSR count). The zero-order valence-corrected chi connectivity index (χ0v) is 15.7. The zero-order chi connectivity index (χ0) is 17.8. The number of methoxy groups -OCH3 is 1. The minimum Gasteiger partial charge on any atom is -0.385 e. The number of hydrogen-bond acceptors (Lipinski definition) is 6. The van der Waals surface area contributed by atoms with Crippen molar-refractivity contribution in [3.63, 3.8) is 0 Å². The van der Waals surface area contributed by atoms with Gasteiger partial charge in [0.15, 0.2) is 19.7 Å². The van der Waals surface area contributed by atoms with Gasteiger partial charge in [0, 0.05) is 19.8 Å². The fourth-order valence-corrected chi connectivity index (χ4v) is 7.62. The lowest BCUT2D eigenvalue weighted by molar-refractivity contribution is 0.193. The lowest BCUT2D eigenvalue weighted by Gasteiger charge is -2.20. The zero-order valence-electron chi connectivity index (χ0n) is 14.1. The largest absolute Gasteiger partial charge is 0.385 e. The van der Waals surface area contributed by atoms with Crippen LogP contribution < -0.4 is 5.32 Å². The smallest absolute Gasteiger partial charge is 0.183 e. The summed E-state index contributed by atoms with van der Waals surface area (Å²) in [5.74, 6) is -0.469. The van der Waals surface area contributed by atoms with Crippen molar-refractivity contribution < 1.29 is 21.6 Å². The highest BCUT2D eigenvalue weighted by atomic mass is 32.2. The third-order valence-corrected chi connectivity index (χ3v) is 8.46. The summed E-state index contributed by atoms with van der Waals surface area (Å²) in [5, 5.41) is 2.14. The normalized spacial score (nSPS) is 23.4. The molecule has 0 aromatic heterocycles. The van der Waals surface area contributed by atoms with Crippen LogP contribution in [0.5, 0.6) is 0 Å². The molecular formula is C16H25NO5S2. The van der Waals surface area contributed by atoms with Gasteiger partial charge in [-0.2, -0.15) is 0 Å². The van der Waals surface area contributed by atoms with Gasteiger partial charge in [-0.15, -0.1) is 0 Å². The first kappa shape index (κ1) is 19.4. The van der Waals surface area contributed by atoms with Crippen molar-refractivity contribution in [3.05, 3.63) is 29.8 Å². The maximum atomic E-state index is 12.9. The second-order valence-corrected chi connectivity index (χ2v) is 10.4. The molecule has 0 spiro atoms. The molecule has 1 aliphatic heterocycles. The molecule has 24 heavy (non-hydrogen) atoms. The first-order valence-electron chi connectivity index (χ1n) is 8.05. The molecule has 136 valence electrons. The number of hydrogen-bond donors (Lipinski definition) is 1. The van der Waals surface area contributed by atoms with Crippen LogP contribution in [-0.2, 0) is 30.8 Å². The van der Waals surface area contributed by atoms with Gasteiger partial charge in [0.1, 0.15) is 0 Å². The van der Waals surface area contributed by atoms with Crippen LogP contribution in [0.3, 0.4) is 0 Å². The molecule has 1 aromatic carbocycles. The average Bonchev–Trinajstić information content (AvgIpc) is 2.87. The molecule has 6 nitrogen and oxygen atoms in total. The van der Waals surface area contributed by atoms with E-state index in [0.717, 1.165) is 12.0 Å². The van der Waals surface area contributed by atoms with Crippen molar-refractivity contribution in [1.82, 2.24) is 5.32 Å². The summed E-state index contributed by atoms with van der Waals surface area (Å²) in [7, 11) is -5.47. The molecule has 1 aliphatic rings. The predicted octanol–water partition coefficient (Wildman–Crippen LogP) is 0.814. The van der Waals surface area contributed by atoms with E-state index in [2.05, 4.69) is 5.32 Å². The fraction of sp³-hybridized carbons (Fsp3) is 0.625. The summed E-state index contributed by atoms with van der Waals surface area (Å²) >= 11 is 0. The van der Waals surface area contributed by atoms with E-state index in [1.807, 2.05) is 6.92 Å². The van der Waals surface area contributed by atoms with Gasteiger partial charge in [-0.3, -0.25) is 0 Å². The molecule has 0 bridgehead atoms. The number of ether oxygens (including phenoxy) is 1. The molecule has 1 heterocycles. The third kappa shape index (κ3) is 4.56. The standard InChI is InChI=1S/C16H25NO5S2/c1-3-13-5-7-14(8-6-13)24(20,21)16-12-23(18,19)11-15(16)17-9-4-10-22-2/h5-8,15-17H,3-4,9-12H2,1-2H3. The van der Waals surface area contributed by atoms with Gasteiger partial charge in [-0.05, 0) is 37.1 Å². The van der Waals surface area contributed by atoms with Crippen LogP contribution in [0.2, 0.25) is 0 Å². The summed E-state index contributed by atoms with van der Waals surface area (Å²) in [4.78, 5) is 0.186. The Hall–Kier alpha value is -0.960. The van der Waals surface area contributed by atoms with Crippen molar-refractivity contribution >= 4 is 19.7 Å². The number of nitrogens with one attached hydrogen (secondary N) is 1. The Balaban J connectivity index is 2.20. The quantitative estimate of drug-likeness (QED) is 0.677. The molecule has 2 unspecified atom stereocenters. The first-order valence-corrected chi connectivity index (χ1v) is 11.4. The van der Waals surface area contributed by atoms with Crippen LogP contribution in [0.15, 0.2) is 29.2 Å². The van der Waals surface area contributed by atoms with Crippen molar-refractivity contribution in [3.8, 4) is 0 Å². The van der Waals surface area contributed by atoms with Crippen molar-refractivity contribution in [2.45, 2.75) is 36.0 Å². The number of sulfone groups is 2. The maximum absolute atomic E-state index is 12.9. The average molecular weight is 376 g/mol. The van der Waals surface area contributed by atoms with Gasteiger partial charge in [0.2, 0.25) is 0 Å². The summed E-state index contributed by atoms with van der Waals surface area (Å²) in [5.41, 5.74) is 1.04. The van der Waals surface area contributed by atoms with Gasteiger partial charge in [0.05, 0.1) is 21.7 Å². The van der Waals surface area contributed by atoms with Gasteiger partial charge < -0.3 is 10.1 Å². The maximum Gasteiger partial charge on any atom is 0.183 e. The third-order valence-electron chi connectivity index (χ3n) is 4.29. The van der Waals surface area contributed by atoms with E-state index in [1.54, 1.807) is 31.4 Å². The van der Waals surface area contributed by atoms with Crippen LogP contribution in [0.1, 0.15) is 18.9 Å². The van der Waals surface area contributed by atoms with Crippen molar-refractivity contribution in [2.24, 2.45) is 0 Å². The monoisotopic (exact) mass is 375 g/mol. The Labute approximate surface area is 144 Å². The molecule has 1 fully saturated rings. The molecule has 2 atom stereocenters. The topological polar surface area (TPSA) is 89.5 Å². The number of aryl methyl sites for hydroxylation is 1. The van der Waals surface area contributed by atoms with Crippen LogP contribution >= 0.6 is 0 Å². The molecular weight excluding hydrogens is 350 g/mol. The second-order valence-electron chi connectivity index (χ2n) is 6.06. The van der Waals surface area contributed by atoms with E-state index in [0.29, 0.717) is 19.6 Å². The molecule has 0 radical (unpaired) electrons. The molecule has 0 amide bonds. The summed E-state index contributed by atoms with van der Waals surface area (Å²) in [6.45, 7) is 3.06. The number of benzene rings is 1. The highest BCUT2D eigenvalue weighted by Crippen LogP contribution is 2.26. The van der Waals surface area contributed by atoms with Gasteiger partial charge in [0.25, 0.3) is 0 Å². The predicted molar refractivity (Wildman–Crippen MR) is 93.7 cm³/mol. The van der Waals surface area contributed by atoms with Gasteiger partial charge in [-0.1, -0.05) is 19.1 Å². The van der Waals surface area contributed by atoms with E-state index < -0.39 is 31.0 Å². The SMILES string of the molecule is CCc1ccc(S(=O)(=O)C2CS(=O)(=O)CC2NCCCOC)cc1. The first-order chi connectivity index (χ1) is 11.3. The van der Waals surface area contributed by atoms with Gasteiger partial charge >= 0.3 is 0 Å². The van der Waals surface area contributed by atoms with Crippen LogP contribution in [0.25, 0.3) is 0 Å². The van der Waals surface area contributed by atoms with Crippen LogP contribution in [0.4, 0.5) is 0 Å². The van der Waals surface area contributed by atoms with E-state index in [4.69, 9.17) is 4.74 Å².